The summed E-state index contributed by atoms with van der Waals surface area (Å²) < 4.78 is 0. The first-order valence-electron chi connectivity index (χ1n) is 6.81. The fourth-order valence-electron chi connectivity index (χ4n) is 2.43. The van der Waals surface area contributed by atoms with Gasteiger partial charge in [0.15, 0.2) is 0 Å². The Balaban J connectivity index is 3.00. The van der Waals surface area contributed by atoms with Crippen molar-refractivity contribution in [3.63, 3.8) is 0 Å². The number of nitrogens with zero attached hydrogens (tertiary/aromatic N) is 1. The highest BCUT2D eigenvalue weighted by Crippen LogP contribution is 2.38. The molecule has 0 bridgehead atoms. The third kappa shape index (κ3) is 4.39. The van der Waals surface area contributed by atoms with Crippen LogP contribution in [0, 0.1) is 5.41 Å². The molecule has 0 amide bonds. The molecule has 4 nitrogen and oxygen atoms in total. The topological polar surface area (TPSA) is 62.0 Å². The molecule has 1 aliphatic carbocycles. The second-order valence-corrected chi connectivity index (χ2v) is 5.79. The molecule has 1 aliphatic rings. The van der Waals surface area contributed by atoms with Crippen molar-refractivity contribution < 1.29 is 15.1 Å². The van der Waals surface area contributed by atoms with Crippen LogP contribution in [0.25, 0.3) is 0 Å². The number of aliphatic hydroxyl groups excluding tert-OH is 2. The van der Waals surface area contributed by atoms with Gasteiger partial charge in [-0.15, -0.1) is 0 Å². The highest BCUT2D eigenvalue weighted by Gasteiger charge is 2.35. The number of aliphatic hydroxyl groups is 2. The molecule has 0 aromatic rings. The van der Waals surface area contributed by atoms with Crippen LogP contribution in [-0.2, 0) is 4.84 Å². The van der Waals surface area contributed by atoms with Crippen LogP contribution in [0.3, 0.4) is 0 Å². The molecule has 0 aromatic carbocycles. The lowest BCUT2D eigenvalue weighted by Crippen LogP contribution is -2.32. The SMILES string of the molecule is C=CCON=C(CCC)C1=C(O)CC(C)(C)CC1O. The summed E-state index contributed by atoms with van der Waals surface area (Å²) >= 11 is 0. The molecule has 1 unspecified atom stereocenters. The van der Waals surface area contributed by atoms with Crippen molar-refractivity contribution in [2.24, 2.45) is 10.6 Å². The number of oxime groups is 1. The maximum absolute atomic E-state index is 10.3. The predicted molar refractivity (Wildman–Crippen MR) is 77.2 cm³/mol. The fraction of sp³-hybridized carbons (Fsp3) is 0.667. The van der Waals surface area contributed by atoms with Gasteiger partial charge in [0.1, 0.15) is 12.4 Å². The smallest absolute Gasteiger partial charge is 0.135 e. The highest BCUT2D eigenvalue weighted by molar-refractivity contribution is 6.01. The van der Waals surface area contributed by atoms with Gasteiger partial charge in [0.05, 0.1) is 11.8 Å². The monoisotopic (exact) mass is 267 g/mol. The van der Waals surface area contributed by atoms with Gasteiger partial charge in [-0.2, -0.15) is 0 Å². The summed E-state index contributed by atoms with van der Waals surface area (Å²) in [6, 6.07) is 0. The van der Waals surface area contributed by atoms with E-state index in [1.807, 2.05) is 20.8 Å². The second kappa shape index (κ2) is 6.75. The molecular weight excluding hydrogens is 242 g/mol. The Kier molecular flexibility index (Phi) is 5.60. The molecule has 0 spiro atoms. The molecular formula is C15H25NO3. The van der Waals surface area contributed by atoms with Crippen LogP contribution < -0.4 is 0 Å². The molecule has 0 fully saturated rings. The standard InChI is InChI=1S/C15H25NO3/c1-5-7-11(16-19-8-6-2)14-12(17)9-15(3,4)10-13(14)18/h6,12,17-18H,2,5,7-10H2,1,3-4H3. The summed E-state index contributed by atoms with van der Waals surface area (Å²) in [5.74, 6) is 0.234. The quantitative estimate of drug-likeness (QED) is 0.336. The zero-order valence-corrected chi connectivity index (χ0v) is 12.1. The fourth-order valence-corrected chi connectivity index (χ4v) is 2.43. The van der Waals surface area contributed by atoms with Crippen LogP contribution in [0.1, 0.15) is 46.5 Å². The summed E-state index contributed by atoms with van der Waals surface area (Å²) in [4.78, 5) is 5.11. The van der Waals surface area contributed by atoms with E-state index in [1.54, 1.807) is 6.08 Å². The lowest BCUT2D eigenvalue weighted by atomic mass is 9.74. The van der Waals surface area contributed by atoms with Crippen LogP contribution in [0.5, 0.6) is 0 Å². The number of rotatable bonds is 6. The Labute approximate surface area is 115 Å². The molecule has 1 rings (SSSR count). The molecule has 108 valence electrons. The lowest BCUT2D eigenvalue weighted by Gasteiger charge is -2.34. The normalized spacial score (nSPS) is 23.4. The minimum atomic E-state index is -0.679. The highest BCUT2D eigenvalue weighted by atomic mass is 16.6. The molecule has 0 saturated carbocycles. The zero-order valence-electron chi connectivity index (χ0n) is 12.1. The second-order valence-electron chi connectivity index (χ2n) is 5.79. The Morgan fingerprint density at radius 1 is 1.58 bits per heavy atom. The van der Waals surface area contributed by atoms with Crippen molar-refractivity contribution in [2.75, 3.05) is 6.61 Å². The van der Waals surface area contributed by atoms with Crippen molar-refractivity contribution in [1.82, 2.24) is 0 Å². The largest absolute Gasteiger partial charge is 0.512 e. The van der Waals surface area contributed by atoms with E-state index < -0.39 is 6.10 Å². The molecule has 2 N–H and O–H groups in total. The van der Waals surface area contributed by atoms with E-state index in [4.69, 9.17) is 4.84 Å². The summed E-state index contributed by atoms with van der Waals surface area (Å²) in [5, 5.41) is 24.5. The molecule has 0 radical (unpaired) electrons. The van der Waals surface area contributed by atoms with Gasteiger partial charge >= 0.3 is 0 Å². The first kappa shape index (κ1) is 15.8. The third-order valence-electron chi connectivity index (χ3n) is 3.20. The number of allylic oxidation sites excluding steroid dienone is 1. The van der Waals surface area contributed by atoms with E-state index in [0.29, 0.717) is 37.2 Å². The predicted octanol–water partition coefficient (Wildman–Crippen LogP) is 3.34. The maximum Gasteiger partial charge on any atom is 0.135 e. The average molecular weight is 267 g/mol. The van der Waals surface area contributed by atoms with Gasteiger partial charge in [0.25, 0.3) is 0 Å². The van der Waals surface area contributed by atoms with Crippen molar-refractivity contribution >= 4 is 5.71 Å². The van der Waals surface area contributed by atoms with Crippen molar-refractivity contribution in [3.8, 4) is 0 Å². The van der Waals surface area contributed by atoms with E-state index in [9.17, 15) is 10.2 Å². The Bertz CT molecular complexity index is 383. The van der Waals surface area contributed by atoms with Crippen LogP contribution in [0.15, 0.2) is 29.1 Å². The van der Waals surface area contributed by atoms with Crippen LogP contribution in [-0.4, -0.2) is 28.6 Å². The van der Waals surface area contributed by atoms with E-state index in [-0.39, 0.29) is 11.2 Å². The summed E-state index contributed by atoms with van der Waals surface area (Å²) in [7, 11) is 0. The summed E-state index contributed by atoms with van der Waals surface area (Å²) in [6.45, 7) is 9.98. The van der Waals surface area contributed by atoms with Crippen molar-refractivity contribution in [1.29, 1.82) is 0 Å². The molecule has 0 saturated heterocycles. The molecule has 0 aliphatic heterocycles. The Morgan fingerprint density at radius 3 is 2.79 bits per heavy atom. The summed E-state index contributed by atoms with van der Waals surface area (Å²) in [6.07, 6.45) is 3.67. The van der Waals surface area contributed by atoms with Crippen molar-refractivity contribution in [2.45, 2.75) is 52.6 Å². The maximum atomic E-state index is 10.3. The minimum absolute atomic E-state index is 0.0910. The van der Waals surface area contributed by atoms with Crippen molar-refractivity contribution in [3.05, 3.63) is 24.0 Å². The first-order chi connectivity index (χ1) is 8.91. The Hall–Kier alpha value is -1.29. The average Bonchev–Trinajstić information content (AvgIpc) is 2.26. The molecule has 0 aromatic heterocycles. The van der Waals surface area contributed by atoms with E-state index in [2.05, 4.69) is 11.7 Å². The molecule has 1 atom stereocenters. The van der Waals surface area contributed by atoms with E-state index in [1.165, 1.54) is 0 Å². The van der Waals surface area contributed by atoms with Gasteiger partial charge in [-0.25, -0.2) is 0 Å². The number of hydrogen-bond acceptors (Lipinski definition) is 4. The van der Waals surface area contributed by atoms with Gasteiger partial charge in [0.2, 0.25) is 0 Å². The van der Waals surface area contributed by atoms with Crippen LogP contribution >= 0.6 is 0 Å². The molecule has 0 heterocycles. The van der Waals surface area contributed by atoms with Gasteiger partial charge in [-0.3, -0.25) is 0 Å². The van der Waals surface area contributed by atoms with E-state index in [0.717, 1.165) is 6.42 Å². The lowest BCUT2D eigenvalue weighted by molar-refractivity contribution is 0.111. The zero-order chi connectivity index (χ0) is 14.5. The first-order valence-corrected chi connectivity index (χ1v) is 6.81. The Morgan fingerprint density at radius 2 is 2.26 bits per heavy atom. The third-order valence-corrected chi connectivity index (χ3v) is 3.20. The van der Waals surface area contributed by atoms with Crippen LogP contribution in [0.2, 0.25) is 0 Å². The van der Waals surface area contributed by atoms with Gasteiger partial charge in [-0.1, -0.05) is 45.0 Å². The number of hydrogen-bond donors (Lipinski definition) is 2. The summed E-state index contributed by atoms with van der Waals surface area (Å²) in [5.41, 5.74) is 1.10. The molecule has 4 heteroatoms. The minimum Gasteiger partial charge on any atom is -0.512 e. The van der Waals surface area contributed by atoms with Gasteiger partial charge in [-0.05, 0) is 18.3 Å². The van der Waals surface area contributed by atoms with Gasteiger partial charge in [0, 0.05) is 12.0 Å². The molecule has 19 heavy (non-hydrogen) atoms. The van der Waals surface area contributed by atoms with Crippen LogP contribution in [0.4, 0.5) is 0 Å². The van der Waals surface area contributed by atoms with Gasteiger partial charge < -0.3 is 15.1 Å². The van der Waals surface area contributed by atoms with E-state index >= 15 is 0 Å².